The van der Waals surface area contributed by atoms with Crippen LogP contribution in [0.25, 0.3) is 0 Å². The highest BCUT2D eigenvalue weighted by molar-refractivity contribution is 6.69. The van der Waals surface area contributed by atoms with E-state index in [1.807, 2.05) is 19.9 Å². The summed E-state index contributed by atoms with van der Waals surface area (Å²) in [4.78, 5) is 11.3. The van der Waals surface area contributed by atoms with Gasteiger partial charge in [-0.25, -0.2) is 0 Å². The average Bonchev–Trinajstić information content (AvgIpc) is 2.48. The second kappa shape index (κ2) is 5.74. The molecule has 0 unspecified atom stereocenters. The summed E-state index contributed by atoms with van der Waals surface area (Å²) in [6.45, 7) is 13.9. The van der Waals surface area contributed by atoms with Crippen LogP contribution < -0.4 is 0 Å². The SMILES string of the molecule is CC(=O)/C=C/[C@H]1[C@H](C(C)(C)O)CC[C@@]1(C)O[Si](C)(C)C. The Hall–Kier alpha value is -0.453. The predicted molar refractivity (Wildman–Crippen MR) is 85.2 cm³/mol. The summed E-state index contributed by atoms with van der Waals surface area (Å²) in [6.07, 6.45) is 5.44. The van der Waals surface area contributed by atoms with Crippen molar-refractivity contribution >= 4 is 14.1 Å². The minimum absolute atomic E-state index is 0.0433. The summed E-state index contributed by atoms with van der Waals surface area (Å²) in [7, 11) is -1.68. The standard InChI is InChI=1S/C16H30O3Si/c1-12(17)8-9-14-13(15(2,3)18)10-11-16(14,4)19-20(5,6)7/h8-9,13-14,18H,10-11H2,1-7H3/b9-8+/t13-,14+,16-/m1/s1. The van der Waals surface area contributed by atoms with Crippen LogP contribution >= 0.6 is 0 Å². The highest BCUT2D eigenvalue weighted by Gasteiger charge is 2.50. The van der Waals surface area contributed by atoms with E-state index in [0.717, 1.165) is 12.8 Å². The van der Waals surface area contributed by atoms with Crippen molar-refractivity contribution in [3.8, 4) is 0 Å². The number of aliphatic hydroxyl groups is 1. The third kappa shape index (κ3) is 4.54. The topological polar surface area (TPSA) is 46.5 Å². The van der Waals surface area contributed by atoms with Gasteiger partial charge in [0.25, 0.3) is 0 Å². The Bertz CT molecular complexity index is 390. The van der Waals surface area contributed by atoms with Gasteiger partial charge in [-0.15, -0.1) is 0 Å². The summed E-state index contributed by atoms with van der Waals surface area (Å²) < 4.78 is 6.42. The first-order chi connectivity index (χ1) is 8.85. The highest BCUT2D eigenvalue weighted by Crippen LogP contribution is 2.49. The summed E-state index contributed by atoms with van der Waals surface area (Å²) in [5.74, 6) is 0.249. The van der Waals surface area contributed by atoms with Gasteiger partial charge in [-0.05, 0) is 72.2 Å². The molecule has 1 fully saturated rings. The average molecular weight is 298 g/mol. The molecular weight excluding hydrogens is 268 g/mol. The van der Waals surface area contributed by atoms with Crippen molar-refractivity contribution in [2.45, 2.75) is 71.4 Å². The highest BCUT2D eigenvalue weighted by atomic mass is 28.4. The largest absolute Gasteiger partial charge is 0.412 e. The number of hydrogen-bond acceptors (Lipinski definition) is 3. The molecule has 1 saturated carbocycles. The van der Waals surface area contributed by atoms with Crippen LogP contribution in [0.3, 0.4) is 0 Å². The van der Waals surface area contributed by atoms with E-state index in [0.29, 0.717) is 0 Å². The Balaban J connectivity index is 3.09. The zero-order valence-corrected chi connectivity index (χ0v) is 15.0. The molecule has 4 heteroatoms. The molecule has 0 saturated heterocycles. The first-order valence-corrected chi connectivity index (χ1v) is 10.9. The van der Waals surface area contributed by atoms with Crippen LogP contribution in [0.1, 0.15) is 40.5 Å². The van der Waals surface area contributed by atoms with Gasteiger partial charge in [-0.3, -0.25) is 4.79 Å². The molecular formula is C16H30O3Si. The lowest BCUT2D eigenvalue weighted by molar-refractivity contribution is -0.112. The zero-order valence-electron chi connectivity index (χ0n) is 14.0. The molecule has 3 atom stereocenters. The van der Waals surface area contributed by atoms with Gasteiger partial charge in [-0.2, -0.15) is 0 Å². The Labute approximate surface area is 124 Å². The van der Waals surface area contributed by atoms with Crippen molar-refractivity contribution in [2.24, 2.45) is 11.8 Å². The van der Waals surface area contributed by atoms with Gasteiger partial charge in [0.2, 0.25) is 0 Å². The van der Waals surface area contributed by atoms with Gasteiger partial charge >= 0.3 is 0 Å². The van der Waals surface area contributed by atoms with Crippen molar-refractivity contribution in [3.05, 3.63) is 12.2 Å². The molecule has 116 valence electrons. The molecule has 0 aromatic rings. The van der Waals surface area contributed by atoms with Crippen LogP contribution in [0.2, 0.25) is 19.6 Å². The third-order valence-electron chi connectivity index (χ3n) is 4.08. The summed E-state index contributed by atoms with van der Waals surface area (Å²) in [5, 5.41) is 10.4. The quantitative estimate of drug-likeness (QED) is 0.624. The maximum Gasteiger partial charge on any atom is 0.184 e. The molecule has 0 aromatic carbocycles. The van der Waals surface area contributed by atoms with E-state index in [1.54, 1.807) is 13.0 Å². The minimum Gasteiger partial charge on any atom is -0.412 e. The van der Waals surface area contributed by atoms with Gasteiger partial charge in [0.05, 0.1) is 11.2 Å². The maximum absolute atomic E-state index is 11.3. The van der Waals surface area contributed by atoms with Crippen molar-refractivity contribution in [2.75, 3.05) is 0 Å². The lowest BCUT2D eigenvalue weighted by atomic mass is 9.78. The fourth-order valence-electron chi connectivity index (χ4n) is 3.40. The Morgan fingerprint density at radius 3 is 2.35 bits per heavy atom. The Morgan fingerprint density at radius 1 is 1.40 bits per heavy atom. The minimum atomic E-state index is -1.68. The van der Waals surface area contributed by atoms with Gasteiger partial charge in [0.1, 0.15) is 0 Å². The fourth-order valence-corrected chi connectivity index (χ4v) is 5.04. The van der Waals surface area contributed by atoms with Crippen LogP contribution in [0, 0.1) is 11.8 Å². The van der Waals surface area contributed by atoms with E-state index in [-0.39, 0.29) is 23.2 Å². The van der Waals surface area contributed by atoms with Crippen LogP contribution in [0.15, 0.2) is 12.2 Å². The normalized spacial score (nSPS) is 32.0. The summed E-state index contributed by atoms with van der Waals surface area (Å²) in [6, 6.07) is 0. The molecule has 0 aliphatic heterocycles. The lowest BCUT2D eigenvalue weighted by Crippen LogP contribution is -2.46. The lowest BCUT2D eigenvalue weighted by Gasteiger charge is -2.40. The molecule has 0 radical (unpaired) electrons. The maximum atomic E-state index is 11.3. The van der Waals surface area contributed by atoms with Crippen molar-refractivity contribution in [3.63, 3.8) is 0 Å². The molecule has 1 rings (SSSR count). The summed E-state index contributed by atoms with van der Waals surface area (Å²) in [5.41, 5.74) is -1.03. The van der Waals surface area contributed by atoms with E-state index >= 15 is 0 Å². The third-order valence-corrected chi connectivity index (χ3v) is 5.15. The smallest absolute Gasteiger partial charge is 0.184 e. The van der Waals surface area contributed by atoms with E-state index in [4.69, 9.17) is 4.43 Å². The second-order valence-corrected chi connectivity index (χ2v) is 12.3. The van der Waals surface area contributed by atoms with Gasteiger partial charge in [0, 0.05) is 5.92 Å². The monoisotopic (exact) mass is 298 g/mol. The molecule has 3 nitrogen and oxygen atoms in total. The molecule has 1 aliphatic rings. The van der Waals surface area contributed by atoms with Crippen LogP contribution in [0.5, 0.6) is 0 Å². The molecule has 0 bridgehead atoms. The van der Waals surface area contributed by atoms with Crippen molar-refractivity contribution < 1.29 is 14.3 Å². The molecule has 0 aromatic heterocycles. The second-order valence-electron chi connectivity index (χ2n) is 7.82. The van der Waals surface area contributed by atoms with Gasteiger partial charge < -0.3 is 9.53 Å². The number of ketones is 1. The van der Waals surface area contributed by atoms with Gasteiger partial charge in [0.15, 0.2) is 14.1 Å². The number of hydrogen-bond donors (Lipinski definition) is 1. The van der Waals surface area contributed by atoms with Crippen LogP contribution in [-0.4, -0.2) is 30.4 Å². The molecule has 0 amide bonds. The Kier molecular flexibility index (Phi) is 5.05. The van der Waals surface area contributed by atoms with E-state index in [1.165, 1.54) is 0 Å². The summed E-state index contributed by atoms with van der Waals surface area (Å²) >= 11 is 0. The number of carbonyl (C=O) groups is 1. The first-order valence-electron chi connectivity index (χ1n) is 7.46. The molecule has 0 heterocycles. The van der Waals surface area contributed by atoms with Crippen molar-refractivity contribution in [1.82, 2.24) is 0 Å². The van der Waals surface area contributed by atoms with Gasteiger partial charge in [-0.1, -0.05) is 6.08 Å². The molecule has 1 aliphatic carbocycles. The Morgan fingerprint density at radius 2 is 1.95 bits per heavy atom. The van der Waals surface area contributed by atoms with Crippen LogP contribution in [0.4, 0.5) is 0 Å². The van der Waals surface area contributed by atoms with Crippen molar-refractivity contribution in [1.29, 1.82) is 0 Å². The number of allylic oxidation sites excluding steroid dienone is 1. The van der Waals surface area contributed by atoms with E-state index in [2.05, 4.69) is 26.6 Å². The van der Waals surface area contributed by atoms with Crippen LogP contribution in [-0.2, 0) is 9.22 Å². The fraction of sp³-hybridized carbons (Fsp3) is 0.812. The molecule has 0 spiro atoms. The number of rotatable bonds is 5. The first kappa shape index (κ1) is 17.6. The molecule has 20 heavy (non-hydrogen) atoms. The molecule has 1 N–H and O–H groups in total. The zero-order chi connectivity index (χ0) is 15.8. The number of carbonyl (C=O) groups excluding carboxylic acids is 1. The predicted octanol–water partition coefficient (Wildman–Crippen LogP) is 3.54. The van der Waals surface area contributed by atoms with E-state index in [9.17, 15) is 9.90 Å². The van der Waals surface area contributed by atoms with E-state index < -0.39 is 13.9 Å².